The van der Waals surface area contributed by atoms with Crippen LogP contribution < -0.4 is 16.0 Å². The summed E-state index contributed by atoms with van der Waals surface area (Å²) >= 11 is 0. The van der Waals surface area contributed by atoms with E-state index in [1.165, 1.54) is 6.07 Å². The number of anilines is 1. The number of imide groups is 2. The normalized spacial score (nSPS) is 27.5. The Morgan fingerprint density at radius 2 is 1.54 bits per heavy atom. The highest BCUT2D eigenvalue weighted by Crippen LogP contribution is 2.33. The first kappa shape index (κ1) is 25.5. The van der Waals surface area contributed by atoms with Gasteiger partial charge in [-0.05, 0) is 50.2 Å². The predicted octanol–water partition coefficient (Wildman–Crippen LogP) is 1.29. The fraction of sp³-hybridized carbons (Fsp3) is 0.583. The zero-order valence-corrected chi connectivity index (χ0v) is 20.3. The van der Waals surface area contributed by atoms with Gasteiger partial charge in [-0.15, -0.1) is 12.4 Å². The lowest BCUT2D eigenvalue weighted by molar-refractivity contribution is -0.136. The second-order valence-electron chi connectivity index (χ2n) is 9.86. The molecule has 3 heterocycles. The van der Waals surface area contributed by atoms with Gasteiger partial charge in [-0.2, -0.15) is 0 Å². The van der Waals surface area contributed by atoms with Gasteiger partial charge in [0.25, 0.3) is 11.8 Å². The van der Waals surface area contributed by atoms with Crippen LogP contribution in [0.4, 0.5) is 10.1 Å². The fourth-order valence-corrected chi connectivity index (χ4v) is 5.63. The van der Waals surface area contributed by atoms with Crippen molar-refractivity contribution in [3.8, 4) is 0 Å². The molecular formula is C24H31ClFN5O4. The number of amides is 4. The third-order valence-corrected chi connectivity index (χ3v) is 7.63. The van der Waals surface area contributed by atoms with Crippen LogP contribution in [0.25, 0.3) is 0 Å². The zero-order chi connectivity index (χ0) is 24.0. The summed E-state index contributed by atoms with van der Waals surface area (Å²) in [6.07, 6.45) is 4.57. The van der Waals surface area contributed by atoms with Gasteiger partial charge in [0.2, 0.25) is 11.8 Å². The van der Waals surface area contributed by atoms with E-state index in [9.17, 15) is 19.2 Å². The Kier molecular flexibility index (Phi) is 7.44. The minimum atomic E-state index is -1.06. The van der Waals surface area contributed by atoms with E-state index in [-0.39, 0.29) is 36.4 Å². The summed E-state index contributed by atoms with van der Waals surface area (Å²) in [6.45, 7) is 3.88. The van der Waals surface area contributed by atoms with Gasteiger partial charge >= 0.3 is 0 Å². The lowest BCUT2D eigenvalue weighted by Gasteiger charge is -2.39. The molecule has 0 spiro atoms. The first-order valence-electron chi connectivity index (χ1n) is 12.1. The van der Waals surface area contributed by atoms with E-state index < -0.39 is 35.5 Å². The number of nitrogens with two attached hydrogens (primary N) is 1. The Morgan fingerprint density at radius 3 is 2.17 bits per heavy atom. The first-order valence-corrected chi connectivity index (χ1v) is 12.1. The van der Waals surface area contributed by atoms with Gasteiger partial charge in [-0.1, -0.05) is 0 Å². The quantitative estimate of drug-likeness (QED) is 0.590. The standard InChI is InChI=1S/C24H30FN5O4.ClH/c25-18-11-16-17(24(34)30(23(16)33)19-5-6-21(31)27-22(19)32)12-20(18)29-9-7-28(8-10-29)13-14-1-3-15(26)4-2-14;/h11-12,14-15,19H,1-10,13,26H2,(H,27,31,32);1H. The van der Waals surface area contributed by atoms with E-state index in [1.54, 1.807) is 0 Å². The second-order valence-corrected chi connectivity index (χ2v) is 9.86. The smallest absolute Gasteiger partial charge is 0.262 e. The average molecular weight is 508 g/mol. The summed E-state index contributed by atoms with van der Waals surface area (Å²) in [5.74, 6) is -2.33. The zero-order valence-electron chi connectivity index (χ0n) is 19.5. The molecule has 1 atom stereocenters. The van der Waals surface area contributed by atoms with Gasteiger partial charge in [0.15, 0.2) is 0 Å². The Balaban J connectivity index is 0.00000289. The number of carbonyl (C=O) groups excluding carboxylic acids is 4. The Bertz CT molecular complexity index is 1040. The van der Waals surface area contributed by atoms with Crippen LogP contribution in [-0.4, -0.2) is 78.2 Å². The number of benzene rings is 1. The van der Waals surface area contributed by atoms with Crippen LogP contribution in [-0.2, 0) is 9.59 Å². The maximum Gasteiger partial charge on any atom is 0.262 e. The number of piperazine rings is 1. The van der Waals surface area contributed by atoms with Crippen molar-refractivity contribution in [3.05, 3.63) is 29.1 Å². The van der Waals surface area contributed by atoms with Gasteiger partial charge in [0.1, 0.15) is 11.9 Å². The molecular weight excluding hydrogens is 477 g/mol. The first-order chi connectivity index (χ1) is 16.3. The van der Waals surface area contributed by atoms with Gasteiger partial charge in [-0.25, -0.2) is 4.39 Å². The molecule has 35 heavy (non-hydrogen) atoms. The number of nitrogens with one attached hydrogen (secondary N) is 1. The van der Waals surface area contributed by atoms with Crippen molar-refractivity contribution >= 4 is 41.7 Å². The molecule has 11 heteroatoms. The molecule has 5 rings (SSSR count). The molecule has 1 unspecified atom stereocenters. The van der Waals surface area contributed by atoms with Crippen LogP contribution in [0.5, 0.6) is 0 Å². The number of hydrogen-bond donors (Lipinski definition) is 2. The van der Waals surface area contributed by atoms with Crippen LogP contribution in [0.15, 0.2) is 12.1 Å². The van der Waals surface area contributed by atoms with Gasteiger partial charge in [-0.3, -0.25) is 34.3 Å². The highest BCUT2D eigenvalue weighted by atomic mass is 35.5. The van der Waals surface area contributed by atoms with Crippen LogP contribution in [0.1, 0.15) is 59.2 Å². The van der Waals surface area contributed by atoms with Crippen molar-refractivity contribution in [2.45, 2.75) is 50.6 Å². The van der Waals surface area contributed by atoms with Crippen molar-refractivity contribution in [1.29, 1.82) is 0 Å². The maximum absolute atomic E-state index is 15.1. The summed E-state index contributed by atoms with van der Waals surface area (Å²) in [4.78, 5) is 54.8. The predicted molar refractivity (Wildman–Crippen MR) is 129 cm³/mol. The number of carbonyl (C=O) groups is 4. The summed E-state index contributed by atoms with van der Waals surface area (Å²) in [5, 5.41) is 2.17. The Hall–Kier alpha value is -2.56. The van der Waals surface area contributed by atoms with Crippen molar-refractivity contribution in [1.82, 2.24) is 15.1 Å². The van der Waals surface area contributed by atoms with Crippen LogP contribution in [0, 0.1) is 11.7 Å². The average Bonchev–Trinajstić information content (AvgIpc) is 3.05. The summed E-state index contributed by atoms with van der Waals surface area (Å²) in [6, 6.07) is 1.81. The second kappa shape index (κ2) is 10.2. The lowest BCUT2D eigenvalue weighted by Crippen LogP contribution is -2.54. The van der Waals surface area contributed by atoms with Crippen molar-refractivity contribution < 1.29 is 23.6 Å². The summed E-state index contributed by atoms with van der Waals surface area (Å²) < 4.78 is 15.1. The van der Waals surface area contributed by atoms with E-state index in [0.29, 0.717) is 30.7 Å². The molecule has 3 N–H and O–H groups in total. The number of rotatable bonds is 4. The van der Waals surface area contributed by atoms with E-state index in [1.807, 2.05) is 4.90 Å². The molecule has 1 aromatic carbocycles. The molecule has 1 aromatic rings. The molecule has 3 aliphatic heterocycles. The van der Waals surface area contributed by atoms with E-state index in [4.69, 9.17) is 5.73 Å². The van der Waals surface area contributed by atoms with Crippen molar-refractivity contribution in [3.63, 3.8) is 0 Å². The number of nitrogens with zero attached hydrogens (tertiary/aromatic N) is 3. The number of hydrogen-bond acceptors (Lipinski definition) is 7. The van der Waals surface area contributed by atoms with Crippen LogP contribution >= 0.6 is 12.4 Å². The molecule has 0 bridgehead atoms. The molecule has 1 saturated carbocycles. The fourth-order valence-electron chi connectivity index (χ4n) is 5.63. The minimum Gasteiger partial charge on any atom is -0.367 e. The van der Waals surface area contributed by atoms with Gasteiger partial charge < -0.3 is 10.6 Å². The van der Waals surface area contributed by atoms with E-state index in [2.05, 4.69) is 10.2 Å². The number of fused-ring (bicyclic) bond motifs is 1. The topological polar surface area (TPSA) is 116 Å². The Labute approximate surface area is 209 Å². The van der Waals surface area contributed by atoms with E-state index >= 15 is 4.39 Å². The van der Waals surface area contributed by atoms with Gasteiger partial charge in [0, 0.05) is 45.2 Å². The summed E-state index contributed by atoms with van der Waals surface area (Å²) in [5.41, 5.74) is 6.38. The molecule has 2 saturated heterocycles. The molecule has 0 aromatic heterocycles. The Morgan fingerprint density at radius 1 is 0.914 bits per heavy atom. The van der Waals surface area contributed by atoms with Crippen LogP contribution in [0.3, 0.4) is 0 Å². The van der Waals surface area contributed by atoms with Gasteiger partial charge in [0.05, 0.1) is 16.8 Å². The van der Waals surface area contributed by atoms with Crippen molar-refractivity contribution in [2.75, 3.05) is 37.6 Å². The molecule has 3 fully saturated rings. The molecule has 4 amide bonds. The molecule has 190 valence electrons. The molecule has 4 aliphatic rings. The largest absolute Gasteiger partial charge is 0.367 e. The molecule has 9 nitrogen and oxygen atoms in total. The molecule has 0 radical (unpaired) electrons. The maximum atomic E-state index is 15.1. The third kappa shape index (κ3) is 4.92. The third-order valence-electron chi connectivity index (χ3n) is 7.63. The van der Waals surface area contributed by atoms with E-state index in [0.717, 1.165) is 56.3 Å². The van der Waals surface area contributed by atoms with Crippen LogP contribution in [0.2, 0.25) is 0 Å². The lowest BCUT2D eigenvalue weighted by atomic mass is 9.86. The summed E-state index contributed by atoms with van der Waals surface area (Å²) in [7, 11) is 0. The minimum absolute atomic E-state index is 0. The highest BCUT2D eigenvalue weighted by Gasteiger charge is 2.45. The molecule has 1 aliphatic carbocycles. The highest BCUT2D eigenvalue weighted by molar-refractivity contribution is 6.23. The number of halogens is 2. The monoisotopic (exact) mass is 507 g/mol. The SMILES string of the molecule is Cl.NC1CCC(CN2CCN(c3cc4c(cc3F)C(=O)N(C3CCC(=O)NC3=O)C4=O)CC2)CC1. The number of piperidine rings is 1. The van der Waals surface area contributed by atoms with Crippen molar-refractivity contribution in [2.24, 2.45) is 11.7 Å².